The summed E-state index contributed by atoms with van der Waals surface area (Å²) >= 11 is 24.1. The molecule has 2 heterocycles. The number of amides is 1. The van der Waals surface area contributed by atoms with E-state index in [9.17, 15) is 20.4 Å². The van der Waals surface area contributed by atoms with Crippen molar-refractivity contribution in [1.82, 2.24) is 4.98 Å². The van der Waals surface area contributed by atoms with Crippen LogP contribution < -0.4 is 0 Å². The van der Waals surface area contributed by atoms with Crippen molar-refractivity contribution < 1.29 is 9.90 Å². The number of halogens is 4. The summed E-state index contributed by atoms with van der Waals surface area (Å²) in [5.41, 5.74) is 1.09. The Bertz CT molecular complexity index is 1390. The first-order chi connectivity index (χ1) is 14.3. The Labute approximate surface area is 189 Å². The van der Waals surface area contributed by atoms with Crippen molar-refractivity contribution in [1.29, 1.82) is 10.5 Å². The van der Waals surface area contributed by atoms with Crippen LogP contribution in [0.5, 0.6) is 5.88 Å². The van der Waals surface area contributed by atoms with Gasteiger partial charge in [-0.25, -0.2) is 4.99 Å². The molecule has 3 aromatic rings. The average molecular weight is 476 g/mol. The number of rotatable bonds is 2. The molecule has 0 saturated carbocycles. The van der Waals surface area contributed by atoms with Gasteiger partial charge in [-0.15, -0.1) is 0 Å². The second kappa shape index (κ2) is 7.36. The van der Waals surface area contributed by atoms with Gasteiger partial charge in [0.1, 0.15) is 0 Å². The summed E-state index contributed by atoms with van der Waals surface area (Å²) < 4.78 is 0. The second-order valence-electron chi connectivity index (χ2n) is 6.21. The van der Waals surface area contributed by atoms with Gasteiger partial charge >= 0.3 is 0 Å². The molecule has 1 aliphatic rings. The van der Waals surface area contributed by atoms with Crippen LogP contribution in [0.25, 0.3) is 11.3 Å². The molecule has 30 heavy (non-hydrogen) atoms. The van der Waals surface area contributed by atoms with Crippen molar-refractivity contribution in [2.24, 2.45) is 4.99 Å². The Morgan fingerprint density at radius 2 is 1.33 bits per heavy atom. The number of hydrogen-bond donors (Lipinski definition) is 2. The number of aromatic amines is 1. The molecule has 0 fully saturated rings. The van der Waals surface area contributed by atoms with Gasteiger partial charge in [-0.05, 0) is 24.3 Å². The van der Waals surface area contributed by atoms with Gasteiger partial charge < -0.3 is 10.1 Å². The molecular weight excluding hydrogens is 470 g/mol. The molecule has 0 unspecified atom stereocenters. The Kier molecular flexibility index (Phi) is 4.97. The molecule has 2 aromatic carbocycles. The first kappa shape index (κ1) is 20.3. The van der Waals surface area contributed by atoms with Gasteiger partial charge in [0.05, 0.1) is 65.9 Å². The molecule has 0 radical (unpaired) electrons. The third-order valence-corrected chi connectivity index (χ3v) is 5.97. The molecule has 2 N–H and O–H groups in total. The maximum absolute atomic E-state index is 12.8. The standard InChI is InChI=1S/C20H6Cl4N4O2/c21-11-1-7(5-25)9(3-13(11)23)17-15-16(20(30)27-17)18(28-19(15)29)10-4-14(24)12(22)2-8(10)6-26/h1-4,27,30H. The van der Waals surface area contributed by atoms with E-state index in [1.54, 1.807) is 0 Å². The topological polar surface area (TPSA) is 113 Å². The molecule has 1 aromatic heterocycles. The lowest BCUT2D eigenvalue weighted by Gasteiger charge is -2.06. The number of nitrogens with zero attached hydrogens (tertiary/aromatic N) is 3. The molecule has 6 nitrogen and oxygen atoms in total. The number of nitrogens with one attached hydrogen (secondary N) is 1. The second-order valence-corrected chi connectivity index (χ2v) is 7.84. The van der Waals surface area contributed by atoms with Crippen LogP contribution in [0.15, 0.2) is 29.3 Å². The summed E-state index contributed by atoms with van der Waals surface area (Å²) in [6.07, 6.45) is 0. The molecule has 0 spiro atoms. The van der Waals surface area contributed by atoms with Crippen LogP contribution in [0.3, 0.4) is 0 Å². The number of nitriles is 2. The zero-order chi connectivity index (χ0) is 21.7. The normalized spacial score (nSPS) is 12.3. The number of carbonyl (C=O) groups excluding carboxylic acids is 1. The van der Waals surface area contributed by atoms with Crippen LogP contribution in [0.4, 0.5) is 0 Å². The molecule has 1 aliphatic heterocycles. The number of aromatic hydroxyl groups is 1. The van der Waals surface area contributed by atoms with Crippen molar-refractivity contribution in [3.8, 4) is 29.3 Å². The van der Waals surface area contributed by atoms with Crippen molar-refractivity contribution >= 4 is 58.0 Å². The smallest absolute Gasteiger partial charge is 0.280 e. The summed E-state index contributed by atoms with van der Waals surface area (Å²) in [5, 5.41) is 30.1. The SMILES string of the molecule is N#Cc1cc(Cl)c(Cl)cc1C1=NC(=O)c2c(-c3cc(Cl)c(Cl)cc3C#N)[nH]c(O)c21. The van der Waals surface area contributed by atoms with E-state index in [2.05, 4.69) is 9.98 Å². The summed E-state index contributed by atoms with van der Waals surface area (Å²) in [7, 11) is 0. The fourth-order valence-corrected chi connectivity index (χ4v) is 3.88. The fourth-order valence-electron chi connectivity index (χ4n) is 3.22. The fraction of sp³-hybridized carbons (Fsp3) is 0. The first-order valence-corrected chi connectivity index (χ1v) is 9.65. The third-order valence-electron chi connectivity index (χ3n) is 4.53. The van der Waals surface area contributed by atoms with E-state index in [-0.39, 0.29) is 70.8 Å². The zero-order valence-corrected chi connectivity index (χ0v) is 17.5. The van der Waals surface area contributed by atoms with Crippen LogP contribution >= 0.6 is 46.4 Å². The van der Waals surface area contributed by atoms with E-state index < -0.39 is 5.91 Å². The van der Waals surface area contributed by atoms with E-state index in [0.29, 0.717) is 0 Å². The largest absolute Gasteiger partial charge is 0.494 e. The number of benzene rings is 2. The quantitative estimate of drug-likeness (QED) is 0.492. The summed E-state index contributed by atoms with van der Waals surface area (Å²) in [4.78, 5) is 19.5. The van der Waals surface area contributed by atoms with Crippen molar-refractivity contribution in [3.05, 3.63) is 72.2 Å². The van der Waals surface area contributed by atoms with Crippen molar-refractivity contribution in [2.75, 3.05) is 0 Å². The number of aliphatic imine (C=N–C) groups is 1. The van der Waals surface area contributed by atoms with Gasteiger partial charge in [0.25, 0.3) is 5.91 Å². The Morgan fingerprint density at radius 1 is 0.833 bits per heavy atom. The molecule has 0 aliphatic carbocycles. The van der Waals surface area contributed by atoms with Crippen LogP contribution in [0.1, 0.15) is 32.6 Å². The van der Waals surface area contributed by atoms with Crippen LogP contribution in [0.2, 0.25) is 20.1 Å². The highest BCUT2D eigenvalue weighted by molar-refractivity contribution is 6.43. The number of hydrogen-bond acceptors (Lipinski definition) is 4. The Hall–Kier alpha value is -3.00. The maximum Gasteiger partial charge on any atom is 0.280 e. The van der Waals surface area contributed by atoms with E-state index >= 15 is 0 Å². The van der Waals surface area contributed by atoms with Crippen LogP contribution in [-0.2, 0) is 0 Å². The molecule has 0 atom stereocenters. The van der Waals surface area contributed by atoms with Gasteiger partial charge in [-0.3, -0.25) is 4.79 Å². The highest BCUT2D eigenvalue weighted by atomic mass is 35.5. The molecule has 4 rings (SSSR count). The van der Waals surface area contributed by atoms with Gasteiger partial charge in [0.2, 0.25) is 0 Å². The number of fused-ring (bicyclic) bond motifs is 1. The van der Waals surface area contributed by atoms with Gasteiger partial charge in [0, 0.05) is 11.1 Å². The Morgan fingerprint density at radius 3 is 1.90 bits per heavy atom. The first-order valence-electron chi connectivity index (χ1n) is 8.14. The molecule has 0 saturated heterocycles. The molecule has 10 heteroatoms. The minimum absolute atomic E-state index is 0.0346. The van der Waals surface area contributed by atoms with E-state index in [1.165, 1.54) is 24.3 Å². The predicted molar refractivity (Wildman–Crippen MR) is 114 cm³/mol. The van der Waals surface area contributed by atoms with Crippen molar-refractivity contribution in [3.63, 3.8) is 0 Å². The van der Waals surface area contributed by atoms with Gasteiger partial charge in [-0.1, -0.05) is 46.4 Å². The third kappa shape index (κ3) is 3.02. The minimum Gasteiger partial charge on any atom is -0.494 e. The maximum atomic E-state index is 12.8. The predicted octanol–water partition coefficient (Wildman–Crippen LogP) is 5.74. The lowest BCUT2D eigenvalue weighted by Crippen LogP contribution is -2.03. The highest BCUT2D eigenvalue weighted by Gasteiger charge is 2.35. The van der Waals surface area contributed by atoms with E-state index in [0.717, 1.165) is 0 Å². The monoisotopic (exact) mass is 474 g/mol. The van der Waals surface area contributed by atoms with E-state index in [4.69, 9.17) is 46.4 Å². The molecular formula is C20H6Cl4N4O2. The van der Waals surface area contributed by atoms with E-state index in [1.807, 2.05) is 12.1 Å². The van der Waals surface area contributed by atoms with Crippen molar-refractivity contribution in [2.45, 2.75) is 0 Å². The van der Waals surface area contributed by atoms with Gasteiger partial charge in [0.15, 0.2) is 5.88 Å². The molecule has 146 valence electrons. The van der Waals surface area contributed by atoms with Crippen LogP contribution in [-0.4, -0.2) is 21.7 Å². The summed E-state index contributed by atoms with van der Waals surface area (Å²) in [6.45, 7) is 0. The Balaban J connectivity index is 1.98. The van der Waals surface area contributed by atoms with Gasteiger partial charge in [-0.2, -0.15) is 10.5 Å². The number of H-pyrrole nitrogens is 1. The minimum atomic E-state index is -0.670. The zero-order valence-electron chi connectivity index (χ0n) is 14.5. The van der Waals surface area contributed by atoms with Crippen LogP contribution in [0, 0.1) is 22.7 Å². The average Bonchev–Trinajstić information content (AvgIpc) is 3.24. The highest BCUT2D eigenvalue weighted by Crippen LogP contribution is 2.41. The lowest BCUT2D eigenvalue weighted by atomic mass is 9.96. The number of carbonyl (C=O) groups is 1. The summed E-state index contributed by atoms with van der Waals surface area (Å²) in [6, 6.07) is 9.48. The number of aromatic nitrogens is 1. The lowest BCUT2D eigenvalue weighted by molar-refractivity contribution is 0.101. The molecule has 1 amide bonds. The molecule has 0 bridgehead atoms. The summed E-state index contributed by atoms with van der Waals surface area (Å²) in [5.74, 6) is -1.04.